The zero-order valence-corrected chi connectivity index (χ0v) is 16.9. The van der Waals surface area contributed by atoms with Crippen molar-refractivity contribution in [2.24, 2.45) is 4.99 Å². The van der Waals surface area contributed by atoms with Crippen LogP contribution in [0.5, 0.6) is 0 Å². The molecule has 4 rings (SSSR count). The molecule has 0 aromatic heterocycles. The molecule has 2 atom stereocenters. The van der Waals surface area contributed by atoms with Crippen molar-refractivity contribution >= 4 is 29.9 Å². The minimum atomic E-state index is -4.13. The second kappa shape index (κ2) is 9.05. The van der Waals surface area contributed by atoms with E-state index in [4.69, 9.17) is 0 Å². The number of aliphatic imine (C=N–C) groups is 1. The summed E-state index contributed by atoms with van der Waals surface area (Å²) >= 11 is 0. The third-order valence-corrected chi connectivity index (χ3v) is 5.14. The number of guanidine groups is 1. The Kier molecular flexibility index (Phi) is 7.59. The lowest BCUT2D eigenvalue weighted by Gasteiger charge is -2.47. The fourth-order valence-electron chi connectivity index (χ4n) is 3.87. The molecule has 0 aliphatic carbocycles. The SMILES string of the molecule is CN=C(NCC1CN2CCN1CC2)NC1CCN(CC(F)(F)F)C1.I. The fraction of sp³-hybridized carbons (Fsp3) is 0.933. The summed E-state index contributed by atoms with van der Waals surface area (Å²) in [6.45, 7) is 6.48. The maximum atomic E-state index is 12.5. The van der Waals surface area contributed by atoms with Crippen LogP contribution in [0.3, 0.4) is 0 Å². The van der Waals surface area contributed by atoms with Gasteiger partial charge in [0.15, 0.2) is 5.96 Å². The van der Waals surface area contributed by atoms with Gasteiger partial charge in [0, 0.05) is 71.5 Å². The fourth-order valence-corrected chi connectivity index (χ4v) is 3.87. The van der Waals surface area contributed by atoms with Crippen molar-refractivity contribution in [1.82, 2.24) is 25.3 Å². The van der Waals surface area contributed by atoms with Gasteiger partial charge in [0.25, 0.3) is 0 Å². The molecular formula is C15H28F3IN6. The third-order valence-electron chi connectivity index (χ3n) is 5.14. The quantitative estimate of drug-likeness (QED) is 0.350. The van der Waals surface area contributed by atoms with Crippen molar-refractivity contribution in [3.8, 4) is 0 Å². The summed E-state index contributed by atoms with van der Waals surface area (Å²) in [4.78, 5) is 10.6. The van der Waals surface area contributed by atoms with E-state index < -0.39 is 12.7 Å². The number of hydrogen-bond acceptors (Lipinski definition) is 4. The van der Waals surface area contributed by atoms with E-state index in [9.17, 15) is 13.2 Å². The number of likely N-dealkylation sites (tertiary alicyclic amines) is 1. The van der Waals surface area contributed by atoms with Gasteiger partial charge >= 0.3 is 6.18 Å². The molecule has 10 heteroatoms. The van der Waals surface area contributed by atoms with Gasteiger partial charge < -0.3 is 10.6 Å². The van der Waals surface area contributed by atoms with Crippen LogP contribution in [0.15, 0.2) is 4.99 Å². The van der Waals surface area contributed by atoms with Crippen molar-refractivity contribution < 1.29 is 13.2 Å². The van der Waals surface area contributed by atoms with Crippen molar-refractivity contribution in [1.29, 1.82) is 0 Å². The Morgan fingerprint density at radius 2 is 1.84 bits per heavy atom. The first-order valence-electron chi connectivity index (χ1n) is 8.65. The van der Waals surface area contributed by atoms with Crippen LogP contribution in [0.2, 0.25) is 0 Å². The molecule has 0 saturated carbocycles. The highest BCUT2D eigenvalue weighted by Crippen LogP contribution is 2.20. The summed E-state index contributed by atoms with van der Waals surface area (Å²) in [5.74, 6) is 0.687. The standard InChI is InChI=1S/C15H27F3N6.HI/c1-19-14(20-8-13-10-22-4-6-24(13)7-5-22)21-12-2-3-23(9-12)11-15(16,17)18;/h12-13H,2-11H2,1H3,(H2,19,20,21);1H. The van der Waals surface area contributed by atoms with Gasteiger partial charge in [-0.1, -0.05) is 0 Å². The van der Waals surface area contributed by atoms with E-state index in [-0.39, 0.29) is 30.0 Å². The first-order chi connectivity index (χ1) is 11.4. The summed E-state index contributed by atoms with van der Waals surface area (Å²) in [7, 11) is 1.70. The number of rotatable bonds is 4. The zero-order chi connectivity index (χ0) is 17.2. The van der Waals surface area contributed by atoms with Crippen LogP contribution in [-0.2, 0) is 0 Å². The molecule has 146 valence electrons. The van der Waals surface area contributed by atoms with Gasteiger partial charge in [0.1, 0.15) is 0 Å². The molecule has 2 bridgehead atoms. The number of halogens is 4. The van der Waals surface area contributed by atoms with Crippen LogP contribution in [0.4, 0.5) is 13.2 Å². The highest BCUT2D eigenvalue weighted by molar-refractivity contribution is 14.0. The lowest BCUT2D eigenvalue weighted by molar-refractivity contribution is -0.143. The molecular weight excluding hydrogens is 448 g/mol. The molecule has 0 spiro atoms. The Labute approximate surface area is 164 Å². The van der Waals surface area contributed by atoms with E-state index in [1.54, 1.807) is 7.05 Å². The average molecular weight is 476 g/mol. The molecule has 0 amide bonds. The van der Waals surface area contributed by atoms with E-state index in [1.165, 1.54) is 4.90 Å². The molecule has 4 aliphatic rings. The number of nitrogens with one attached hydrogen (secondary N) is 2. The highest BCUT2D eigenvalue weighted by atomic mass is 127. The van der Waals surface area contributed by atoms with Gasteiger partial charge in [0.2, 0.25) is 0 Å². The van der Waals surface area contributed by atoms with Gasteiger partial charge in [0.05, 0.1) is 6.54 Å². The van der Waals surface area contributed by atoms with E-state index >= 15 is 0 Å². The number of nitrogens with zero attached hydrogens (tertiary/aromatic N) is 4. The van der Waals surface area contributed by atoms with E-state index in [0.717, 1.165) is 39.3 Å². The summed E-state index contributed by atoms with van der Waals surface area (Å²) in [6, 6.07) is 0.502. The highest BCUT2D eigenvalue weighted by Gasteiger charge is 2.35. The number of fused-ring (bicyclic) bond motifs is 3. The van der Waals surface area contributed by atoms with Crippen LogP contribution in [0.1, 0.15) is 6.42 Å². The van der Waals surface area contributed by atoms with Crippen molar-refractivity contribution in [3.05, 3.63) is 0 Å². The molecule has 2 unspecified atom stereocenters. The molecule has 4 heterocycles. The molecule has 4 fully saturated rings. The number of alkyl halides is 3. The minimum absolute atomic E-state index is 0. The molecule has 2 N–H and O–H groups in total. The van der Waals surface area contributed by atoms with E-state index in [0.29, 0.717) is 31.5 Å². The average Bonchev–Trinajstić information content (AvgIpc) is 2.97. The predicted octanol–water partition coefficient (Wildman–Crippen LogP) is 0.406. The van der Waals surface area contributed by atoms with Gasteiger partial charge in [-0.3, -0.25) is 19.7 Å². The largest absolute Gasteiger partial charge is 0.401 e. The van der Waals surface area contributed by atoms with E-state index in [1.807, 2.05) is 0 Å². The molecule has 0 radical (unpaired) electrons. The Morgan fingerprint density at radius 1 is 1.12 bits per heavy atom. The monoisotopic (exact) mass is 476 g/mol. The van der Waals surface area contributed by atoms with Crippen LogP contribution < -0.4 is 10.6 Å². The van der Waals surface area contributed by atoms with Crippen LogP contribution in [0, 0.1) is 0 Å². The number of hydrogen-bond donors (Lipinski definition) is 2. The van der Waals surface area contributed by atoms with Gasteiger partial charge in [-0.25, -0.2) is 0 Å². The molecule has 4 saturated heterocycles. The van der Waals surface area contributed by atoms with Crippen LogP contribution in [0.25, 0.3) is 0 Å². The maximum absolute atomic E-state index is 12.5. The third kappa shape index (κ3) is 6.10. The second-order valence-corrected chi connectivity index (χ2v) is 6.92. The van der Waals surface area contributed by atoms with Gasteiger partial charge in [-0.05, 0) is 6.42 Å². The molecule has 25 heavy (non-hydrogen) atoms. The Balaban J connectivity index is 0.00000225. The molecule has 6 nitrogen and oxygen atoms in total. The molecule has 4 aliphatic heterocycles. The smallest absolute Gasteiger partial charge is 0.355 e. The van der Waals surface area contributed by atoms with Crippen LogP contribution >= 0.6 is 24.0 Å². The normalized spacial score (nSPS) is 33.2. The first-order valence-corrected chi connectivity index (χ1v) is 8.65. The van der Waals surface area contributed by atoms with Crippen molar-refractivity contribution in [3.63, 3.8) is 0 Å². The zero-order valence-electron chi connectivity index (χ0n) is 14.6. The Hall–Kier alpha value is -0.330. The lowest BCUT2D eigenvalue weighted by Crippen LogP contribution is -2.64. The molecule has 0 aromatic carbocycles. The topological polar surface area (TPSA) is 46.1 Å². The Morgan fingerprint density at radius 3 is 2.40 bits per heavy atom. The number of piperazine rings is 3. The summed E-state index contributed by atoms with van der Waals surface area (Å²) in [5, 5.41) is 6.61. The predicted molar refractivity (Wildman–Crippen MR) is 103 cm³/mol. The summed E-state index contributed by atoms with van der Waals surface area (Å²) < 4.78 is 37.4. The molecule has 0 aromatic rings. The van der Waals surface area contributed by atoms with Gasteiger partial charge in [-0.2, -0.15) is 13.2 Å². The van der Waals surface area contributed by atoms with Gasteiger partial charge in [-0.15, -0.1) is 24.0 Å². The first kappa shape index (κ1) is 21.0. The van der Waals surface area contributed by atoms with Crippen molar-refractivity contribution in [2.45, 2.75) is 24.7 Å². The summed E-state index contributed by atoms with van der Waals surface area (Å²) in [6.07, 6.45) is -3.42. The van der Waals surface area contributed by atoms with Crippen molar-refractivity contribution in [2.75, 3.05) is 66.0 Å². The van der Waals surface area contributed by atoms with Crippen LogP contribution in [-0.4, -0.2) is 105 Å². The van der Waals surface area contributed by atoms with E-state index in [2.05, 4.69) is 25.4 Å². The summed E-state index contributed by atoms with van der Waals surface area (Å²) in [5.41, 5.74) is 0. The minimum Gasteiger partial charge on any atom is -0.355 e. The lowest BCUT2D eigenvalue weighted by atomic mass is 10.1. The maximum Gasteiger partial charge on any atom is 0.401 e. The second-order valence-electron chi connectivity index (χ2n) is 6.92. The Bertz CT molecular complexity index is 453.